The van der Waals surface area contributed by atoms with E-state index in [1.54, 1.807) is 19.1 Å². The quantitative estimate of drug-likeness (QED) is 0.566. The molecular weight excluding hydrogens is 274 g/mol. The van der Waals surface area contributed by atoms with Gasteiger partial charge in [-0.05, 0) is 38.5 Å². The highest BCUT2D eigenvalue weighted by Gasteiger charge is 2.20. The monoisotopic (exact) mass is 293 g/mol. The number of aryl methyl sites for hydroxylation is 1. The van der Waals surface area contributed by atoms with E-state index in [1.807, 2.05) is 6.92 Å². The second-order valence-electron chi connectivity index (χ2n) is 4.47. The standard InChI is InChI=1S/C14H19N3O4/c1-4-16-14(20)17-12(18)9(3)21-13(19)10-6-5-8(2)11(15)7-10/h5-7,9H,4,15H2,1-3H3,(H2,16,17,18,20). The molecule has 0 radical (unpaired) electrons. The van der Waals surface area contributed by atoms with Gasteiger partial charge in [0, 0.05) is 12.2 Å². The summed E-state index contributed by atoms with van der Waals surface area (Å²) in [4.78, 5) is 34.7. The lowest BCUT2D eigenvalue weighted by atomic mass is 10.1. The van der Waals surface area contributed by atoms with Crippen molar-refractivity contribution in [2.45, 2.75) is 26.9 Å². The van der Waals surface area contributed by atoms with E-state index < -0.39 is 24.0 Å². The largest absolute Gasteiger partial charge is 0.449 e. The van der Waals surface area contributed by atoms with E-state index in [9.17, 15) is 14.4 Å². The molecule has 1 aromatic rings. The van der Waals surface area contributed by atoms with Gasteiger partial charge >= 0.3 is 12.0 Å². The van der Waals surface area contributed by atoms with Crippen LogP contribution in [0.1, 0.15) is 29.8 Å². The predicted molar refractivity (Wildman–Crippen MR) is 77.7 cm³/mol. The number of ether oxygens (including phenoxy) is 1. The number of nitrogens with one attached hydrogen (secondary N) is 2. The van der Waals surface area contributed by atoms with Crippen molar-refractivity contribution in [3.8, 4) is 0 Å². The van der Waals surface area contributed by atoms with Gasteiger partial charge < -0.3 is 15.8 Å². The highest BCUT2D eigenvalue weighted by molar-refractivity contribution is 5.98. The Morgan fingerprint density at radius 1 is 1.33 bits per heavy atom. The molecule has 0 heterocycles. The number of rotatable bonds is 4. The van der Waals surface area contributed by atoms with Crippen LogP contribution in [0.2, 0.25) is 0 Å². The molecule has 7 nitrogen and oxygen atoms in total. The van der Waals surface area contributed by atoms with E-state index in [0.717, 1.165) is 5.56 Å². The third-order valence-corrected chi connectivity index (χ3v) is 2.74. The highest BCUT2D eigenvalue weighted by atomic mass is 16.5. The number of nitrogens with two attached hydrogens (primary N) is 1. The summed E-state index contributed by atoms with van der Waals surface area (Å²) in [5.74, 6) is -1.38. The zero-order valence-corrected chi connectivity index (χ0v) is 12.2. The van der Waals surface area contributed by atoms with Crippen molar-refractivity contribution in [1.29, 1.82) is 0 Å². The van der Waals surface area contributed by atoms with Gasteiger partial charge in [0.2, 0.25) is 0 Å². The van der Waals surface area contributed by atoms with Crippen LogP contribution in [0.4, 0.5) is 10.5 Å². The number of hydrogen-bond donors (Lipinski definition) is 3. The molecule has 3 amide bonds. The summed E-state index contributed by atoms with van der Waals surface area (Å²) in [6.07, 6.45) is -1.09. The Balaban J connectivity index is 2.63. The minimum absolute atomic E-state index is 0.246. The van der Waals surface area contributed by atoms with Crippen molar-refractivity contribution in [2.24, 2.45) is 0 Å². The summed E-state index contributed by atoms with van der Waals surface area (Å²) >= 11 is 0. The van der Waals surface area contributed by atoms with E-state index in [2.05, 4.69) is 10.6 Å². The van der Waals surface area contributed by atoms with Crippen LogP contribution < -0.4 is 16.4 Å². The number of imide groups is 1. The molecule has 7 heteroatoms. The number of esters is 1. The number of hydrogen-bond acceptors (Lipinski definition) is 5. The summed E-state index contributed by atoms with van der Waals surface area (Å²) in [6, 6.07) is 4.09. The molecule has 0 aromatic heterocycles. The molecule has 0 aliphatic rings. The lowest BCUT2D eigenvalue weighted by Crippen LogP contribution is -2.44. The molecule has 0 bridgehead atoms. The van der Waals surface area contributed by atoms with E-state index in [0.29, 0.717) is 12.2 Å². The van der Waals surface area contributed by atoms with Crippen LogP contribution in [0.25, 0.3) is 0 Å². The molecule has 21 heavy (non-hydrogen) atoms. The summed E-state index contributed by atoms with van der Waals surface area (Å²) in [5.41, 5.74) is 7.26. The van der Waals surface area contributed by atoms with Crippen LogP contribution in [0.15, 0.2) is 18.2 Å². The second-order valence-corrected chi connectivity index (χ2v) is 4.47. The number of benzene rings is 1. The molecule has 1 aromatic carbocycles. The fourth-order valence-electron chi connectivity index (χ4n) is 1.47. The van der Waals surface area contributed by atoms with Gasteiger partial charge in [0.1, 0.15) is 0 Å². The molecule has 4 N–H and O–H groups in total. The second kappa shape index (κ2) is 7.28. The zero-order valence-electron chi connectivity index (χ0n) is 12.2. The van der Waals surface area contributed by atoms with Gasteiger partial charge in [-0.25, -0.2) is 9.59 Å². The Morgan fingerprint density at radius 3 is 2.57 bits per heavy atom. The van der Waals surface area contributed by atoms with Gasteiger partial charge in [-0.1, -0.05) is 6.07 Å². The normalized spacial score (nSPS) is 11.4. The number of carbonyl (C=O) groups is 3. The first kappa shape index (κ1) is 16.5. The summed E-state index contributed by atoms with van der Waals surface area (Å²) in [5, 5.41) is 4.47. The maximum absolute atomic E-state index is 11.9. The molecule has 0 saturated carbocycles. The van der Waals surface area contributed by atoms with Crippen molar-refractivity contribution in [3.05, 3.63) is 29.3 Å². The van der Waals surface area contributed by atoms with E-state index in [4.69, 9.17) is 10.5 Å². The van der Waals surface area contributed by atoms with Crippen molar-refractivity contribution in [2.75, 3.05) is 12.3 Å². The topological polar surface area (TPSA) is 111 Å². The number of anilines is 1. The van der Waals surface area contributed by atoms with Crippen LogP contribution in [-0.4, -0.2) is 30.6 Å². The molecule has 0 saturated heterocycles. The van der Waals surface area contributed by atoms with E-state index in [-0.39, 0.29) is 5.56 Å². The zero-order chi connectivity index (χ0) is 16.0. The third-order valence-electron chi connectivity index (χ3n) is 2.74. The molecule has 1 atom stereocenters. The van der Waals surface area contributed by atoms with Crippen LogP contribution in [0, 0.1) is 6.92 Å². The van der Waals surface area contributed by atoms with Gasteiger partial charge in [0.15, 0.2) is 6.10 Å². The van der Waals surface area contributed by atoms with Gasteiger partial charge in [-0.3, -0.25) is 10.1 Å². The Bertz CT molecular complexity index is 557. The van der Waals surface area contributed by atoms with Crippen molar-refractivity contribution >= 4 is 23.6 Å². The Kier molecular flexibility index (Phi) is 5.71. The molecular formula is C14H19N3O4. The van der Waals surface area contributed by atoms with Gasteiger partial charge in [-0.2, -0.15) is 0 Å². The lowest BCUT2D eigenvalue weighted by molar-refractivity contribution is -0.127. The maximum atomic E-state index is 11.9. The predicted octanol–water partition coefficient (Wildman–Crippen LogP) is 0.968. The summed E-state index contributed by atoms with van der Waals surface area (Å²) in [6.45, 7) is 5.29. The Labute approximate surface area is 122 Å². The van der Waals surface area contributed by atoms with Crippen LogP contribution in [0.5, 0.6) is 0 Å². The van der Waals surface area contributed by atoms with Crippen LogP contribution in [-0.2, 0) is 9.53 Å². The first-order valence-corrected chi connectivity index (χ1v) is 6.51. The minimum Gasteiger partial charge on any atom is -0.449 e. The minimum atomic E-state index is -1.09. The fourth-order valence-corrected chi connectivity index (χ4v) is 1.47. The smallest absolute Gasteiger partial charge is 0.338 e. The number of carbonyl (C=O) groups excluding carboxylic acids is 3. The molecule has 0 aliphatic carbocycles. The average Bonchev–Trinajstić information content (AvgIpc) is 2.41. The van der Waals surface area contributed by atoms with Crippen LogP contribution >= 0.6 is 0 Å². The molecule has 1 rings (SSSR count). The molecule has 0 aliphatic heterocycles. The lowest BCUT2D eigenvalue weighted by Gasteiger charge is -2.13. The number of nitrogen functional groups attached to an aromatic ring is 1. The number of urea groups is 1. The Morgan fingerprint density at radius 2 is 2.00 bits per heavy atom. The van der Waals surface area contributed by atoms with Crippen molar-refractivity contribution in [1.82, 2.24) is 10.6 Å². The highest BCUT2D eigenvalue weighted by Crippen LogP contribution is 2.14. The molecule has 0 spiro atoms. The van der Waals surface area contributed by atoms with Gasteiger partial charge in [-0.15, -0.1) is 0 Å². The Hall–Kier alpha value is -2.57. The van der Waals surface area contributed by atoms with Crippen molar-refractivity contribution < 1.29 is 19.1 Å². The molecule has 1 unspecified atom stereocenters. The van der Waals surface area contributed by atoms with Crippen LogP contribution in [0.3, 0.4) is 0 Å². The summed E-state index contributed by atoms with van der Waals surface area (Å²) in [7, 11) is 0. The van der Waals surface area contributed by atoms with Gasteiger partial charge in [0.05, 0.1) is 5.56 Å². The van der Waals surface area contributed by atoms with E-state index >= 15 is 0 Å². The average molecular weight is 293 g/mol. The van der Waals surface area contributed by atoms with E-state index in [1.165, 1.54) is 13.0 Å². The number of amides is 3. The fraction of sp³-hybridized carbons (Fsp3) is 0.357. The van der Waals surface area contributed by atoms with Gasteiger partial charge in [0.25, 0.3) is 5.91 Å². The first-order valence-electron chi connectivity index (χ1n) is 6.51. The maximum Gasteiger partial charge on any atom is 0.338 e. The third kappa shape index (κ3) is 4.79. The molecule has 114 valence electrons. The summed E-state index contributed by atoms with van der Waals surface area (Å²) < 4.78 is 4.99. The molecule has 0 fully saturated rings. The SMILES string of the molecule is CCNC(=O)NC(=O)C(C)OC(=O)c1ccc(C)c(N)c1. The first-order chi connectivity index (χ1) is 9.85. The van der Waals surface area contributed by atoms with Crippen molar-refractivity contribution in [3.63, 3.8) is 0 Å².